The number of benzene rings is 1. The Labute approximate surface area is 123 Å². The fraction of sp³-hybridized carbons (Fsp3) is 0.556. The molecular weight excluding hydrogens is 244 g/mol. The molecule has 2 nitrogen and oxygen atoms in total. The van der Waals surface area contributed by atoms with Crippen LogP contribution >= 0.6 is 0 Å². The summed E-state index contributed by atoms with van der Waals surface area (Å²) in [4.78, 5) is 2.55. The van der Waals surface area contributed by atoms with Gasteiger partial charge in [-0.1, -0.05) is 37.3 Å². The van der Waals surface area contributed by atoms with E-state index in [0.717, 1.165) is 19.4 Å². The number of nitrogens with zero attached hydrogens (tertiary/aromatic N) is 1. The average Bonchev–Trinajstić information content (AvgIpc) is 2.50. The van der Waals surface area contributed by atoms with E-state index < -0.39 is 0 Å². The van der Waals surface area contributed by atoms with Crippen molar-refractivity contribution < 1.29 is 0 Å². The van der Waals surface area contributed by atoms with E-state index in [4.69, 9.17) is 6.42 Å². The molecule has 1 aromatic rings. The lowest BCUT2D eigenvalue weighted by atomic mass is 10.0. The Morgan fingerprint density at radius 1 is 1.30 bits per heavy atom. The van der Waals surface area contributed by atoms with Crippen LogP contribution in [0.15, 0.2) is 30.3 Å². The van der Waals surface area contributed by atoms with Crippen LogP contribution in [0.4, 0.5) is 0 Å². The molecule has 1 aliphatic heterocycles. The Balaban J connectivity index is 1.74. The second-order valence-corrected chi connectivity index (χ2v) is 5.72. The Bertz CT molecular complexity index is 413. The number of nitrogens with one attached hydrogen (secondary N) is 1. The van der Waals surface area contributed by atoms with Gasteiger partial charge in [0, 0.05) is 25.0 Å². The third-order valence-electron chi connectivity index (χ3n) is 4.17. The third kappa shape index (κ3) is 4.67. The maximum atomic E-state index is 5.42. The first kappa shape index (κ1) is 15.1. The molecule has 1 N–H and O–H groups in total. The van der Waals surface area contributed by atoms with E-state index in [1.807, 2.05) is 0 Å². The zero-order valence-corrected chi connectivity index (χ0v) is 12.5. The molecule has 108 valence electrons. The lowest BCUT2D eigenvalue weighted by Gasteiger charge is -2.34. The van der Waals surface area contributed by atoms with Crippen LogP contribution in [-0.4, -0.2) is 30.1 Å². The number of piperidine rings is 1. The second kappa shape index (κ2) is 8.09. The summed E-state index contributed by atoms with van der Waals surface area (Å²) in [6.45, 7) is 5.65. The number of likely N-dealkylation sites (tertiary alicyclic amines) is 1. The molecule has 0 radical (unpaired) electrons. The van der Waals surface area contributed by atoms with Crippen molar-refractivity contribution in [3.8, 4) is 12.3 Å². The van der Waals surface area contributed by atoms with Crippen molar-refractivity contribution in [2.45, 2.75) is 51.2 Å². The highest BCUT2D eigenvalue weighted by Gasteiger charge is 2.20. The molecule has 0 saturated carbocycles. The van der Waals surface area contributed by atoms with Crippen LogP contribution in [-0.2, 0) is 6.54 Å². The summed E-state index contributed by atoms with van der Waals surface area (Å²) >= 11 is 0. The Morgan fingerprint density at radius 2 is 2.00 bits per heavy atom. The Morgan fingerprint density at radius 3 is 2.60 bits per heavy atom. The van der Waals surface area contributed by atoms with E-state index in [1.54, 1.807) is 0 Å². The molecule has 1 unspecified atom stereocenters. The fourth-order valence-corrected chi connectivity index (χ4v) is 2.90. The molecule has 1 heterocycles. The predicted octanol–water partition coefficient (Wildman–Crippen LogP) is 3.04. The van der Waals surface area contributed by atoms with Crippen LogP contribution in [0.5, 0.6) is 0 Å². The minimum atomic E-state index is 0.491. The average molecular weight is 270 g/mol. The molecule has 1 saturated heterocycles. The molecule has 20 heavy (non-hydrogen) atoms. The topological polar surface area (TPSA) is 15.3 Å². The maximum Gasteiger partial charge on any atom is 0.0240 e. The highest BCUT2D eigenvalue weighted by Crippen LogP contribution is 2.15. The lowest BCUT2D eigenvalue weighted by Crippen LogP contribution is -2.45. The van der Waals surface area contributed by atoms with Gasteiger partial charge in [0.1, 0.15) is 0 Å². The SMILES string of the molecule is C#CCC(CC)NC1CCN(Cc2ccccc2)CC1. The molecule has 0 aromatic heterocycles. The van der Waals surface area contributed by atoms with Gasteiger partial charge in [0.25, 0.3) is 0 Å². The van der Waals surface area contributed by atoms with Gasteiger partial charge in [0.05, 0.1) is 0 Å². The molecule has 1 atom stereocenters. The molecule has 1 aliphatic rings. The minimum absolute atomic E-state index is 0.491. The van der Waals surface area contributed by atoms with Crippen LogP contribution < -0.4 is 5.32 Å². The van der Waals surface area contributed by atoms with Gasteiger partial charge in [0.15, 0.2) is 0 Å². The van der Waals surface area contributed by atoms with E-state index in [1.165, 1.54) is 31.5 Å². The first-order chi connectivity index (χ1) is 9.81. The van der Waals surface area contributed by atoms with E-state index in [9.17, 15) is 0 Å². The van der Waals surface area contributed by atoms with Gasteiger partial charge >= 0.3 is 0 Å². The zero-order chi connectivity index (χ0) is 14.2. The maximum absolute atomic E-state index is 5.42. The van der Waals surface area contributed by atoms with Gasteiger partial charge < -0.3 is 5.32 Å². The van der Waals surface area contributed by atoms with Gasteiger partial charge in [-0.25, -0.2) is 0 Å². The first-order valence-electron chi connectivity index (χ1n) is 7.77. The third-order valence-corrected chi connectivity index (χ3v) is 4.17. The standard InChI is InChI=1S/C18H26N2/c1-3-8-17(4-2)19-18-11-13-20(14-12-18)15-16-9-6-5-7-10-16/h1,5-7,9-10,17-19H,4,8,11-15H2,2H3. The summed E-state index contributed by atoms with van der Waals surface area (Å²) in [7, 11) is 0. The molecule has 0 amide bonds. The highest BCUT2D eigenvalue weighted by atomic mass is 15.1. The van der Waals surface area contributed by atoms with Gasteiger partial charge in [-0.2, -0.15) is 0 Å². The highest BCUT2D eigenvalue weighted by molar-refractivity contribution is 5.14. The summed E-state index contributed by atoms with van der Waals surface area (Å²) in [6.07, 6.45) is 9.85. The lowest BCUT2D eigenvalue weighted by molar-refractivity contribution is 0.183. The molecular formula is C18H26N2. The normalized spacial score (nSPS) is 18.6. The summed E-state index contributed by atoms with van der Waals surface area (Å²) in [5.41, 5.74) is 1.41. The van der Waals surface area contributed by atoms with E-state index >= 15 is 0 Å². The molecule has 1 fully saturated rings. The van der Waals surface area contributed by atoms with Gasteiger partial charge in [-0.05, 0) is 37.9 Å². The summed E-state index contributed by atoms with van der Waals surface area (Å²) in [5.74, 6) is 2.78. The molecule has 0 aliphatic carbocycles. The quantitative estimate of drug-likeness (QED) is 0.799. The number of hydrogen-bond acceptors (Lipinski definition) is 2. The molecule has 2 rings (SSSR count). The smallest absolute Gasteiger partial charge is 0.0240 e. The summed E-state index contributed by atoms with van der Waals surface area (Å²) in [6, 6.07) is 11.9. The second-order valence-electron chi connectivity index (χ2n) is 5.72. The Kier molecular flexibility index (Phi) is 6.11. The molecule has 2 heteroatoms. The largest absolute Gasteiger partial charge is 0.310 e. The van der Waals surface area contributed by atoms with Crippen LogP contribution in [0.1, 0.15) is 38.2 Å². The van der Waals surface area contributed by atoms with Gasteiger partial charge in [0.2, 0.25) is 0 Å². The van der Waals surface area contributed by atoms with Crippen molar-refractivity contribution in [1.29, 1.82) is 0 Å². The van der Waals surface area contributed by atoms with Crippen molar-refractivity contribution in [3.63, 3.8) is 0 Å². The molecule has 1 aromatic carbocycles. The van der Waals surface area contributed by atoms with E-state index in [-0.39, 0.29) is 0 Å². The van der Waals surface area contributed by atoms with E-state index in [0.29, 0.717) is 12.1 Å². The predicted molar refractivity (Wildman–Crippen MR) is 85.4 cm³/mol. The molecule has 0 spiro atoms. The van der Waals surface area contributed by atoms with Crippen LogP contribution in [0.2, 0.25) is 0 Å². The van der Waals surface area contributed by atoms with E-state index in [2.05, 4.69) is 53.4 Å². The van der Waals surface area contributed by atoms with Gasteiger partial charge in [-0.15, -0.1) is 12.3 Å². The summed E-state index contributed by atoms with van der Waals surface area (Å²) in [5, 5.41) is 3.72. The number of hydrogen-bond donors (Lipinski definition) is 1. The first-order valence-corrected chi connectivity index (χ1v) is 7.77. The van der Waals surface area contributed by atoms with Crippen LogP contribution in [0.3, 0.4) is 0 Å². The van der Waals surface area contributed by atoms with Crippen molar-refractivity contribution in [2.75, 3.05) is 13.1 Å². The summed E-state index contributed by atoms with van der Waals surface area (Å²) < 4.78 is 0. The van der Waals surface area contributed by atoms with Crippen molar-refractivity contribution in [2.24, 2.45) is 0 Å². The fourth-order valence-electron chi connectivity index (χ4n) is 2.90. The number of rotatable bonds is 6. The van der Waals surface area contributed by atoms with Crippen molar-refractivity contribution in [1.82, 2.24) is 10.2 Å². The zero-order valence-electron chi connectivity index (χ0n) is 12.5. The molecule has 0 bridgehead atoms. The van der Waals surface area contributed by atoms with Crippen molar-refractivity contribution in [3.05, 3.63) is 35.9 Å². The van der Waals surface area contributed by atoms with Crippen LogP contribution in [0.25, 0.3) is 0 Å². The number of terminal acetylenes is 1. The Hall–Kier alpha value is -1.30. The minimum Gasteiger partial charge on any atom is -0.310 e. The van der Waals surface area contributed by atoms with Gasteiger partial charge in [-0.3, -0.25) is 4.90 Å². The van der Waals surface area contributed by atoms with Crippen molar-refractivity contribution >= 4 is 0 Å². The van der Waals surface area contributed by atoms with Crippen LogP contribution in [0, 0.1) is 12.3 Å². The monoisotopic (exact) mass is 270 g/mol.